The van der Waals surface area contributed by atoms with Crippen LogP contribution in [-0.2, 0) is 0 Å². The minimum atomic E-state index is -0.115. The summed E-state index contributed by atoms with van der Waals surface area (Å²) in [6.07, 6.45) is 1.57. The van der Waals surface area contributed by atoms with Crippen molar-refractivity contribution in [3.05, 3.63) is 23.3 Å². The first-order valence-corrected chi connectivity index (χ1v) is 4.66. The number of allylic oxidation sites excluding steroid dienone is 2. The first kappa shape index (κ1) is 8.99. The molecule has 0 saturated heterocycles. The molecule has 1 aliphatic heterocycles. The van der Waals surface area contributed by atoms with Crippen LogP contribution in [0.3, 0.4) is 0 Å². The van der Waals surface area contributed by atoms with Crippen LogP contribution in [0.2, 0.25) is 0 Å². The summed E-state index contributed by atoms with van der Waals surface area (Å²) in [5.74, 6) is 0.726. The van der Waals surface area contributed by atoms with Crippen LogP contribution < -0.4 is 11.1 Å². The third-order valence-corrected chi connectivity index (χ3v) is 2.23. The molecule has 0 aromatic heterocycles. The maximum absolute atomic E-state index is 12.7. The maximum atomic E-state index is 12.7. The Morgan fingerprint density at radius 1 is 1.82 bits per heavy atom. The molecule has 1 rings (SSSR count). The van der Waals surface area contributed by atoms with E-state index in [9.17, 15) is 4.39 Å². The largest absolute Gasteiger partial charge is 0.335 e. The molecule has 1 unspecified atom stereocenters. The van der Waals surface area contributed by atoms with Gasteiger partial charge in [-0.3, -0.25) is 0 Å². The van der Waals surface area contributed by atoms with Crippen LogP contribution in [0.5, 0.6) is 0 Å². The highest BCUT2D eigenvalue weighted by molar-refractivity contribution is 14.1. The topological polar surface area (TPSA) is 39.7 Å². The van der Waals surface area contributed by atoms with Crippen molar-refractivity contribution in [3.63, 3.8) is 0 Å². The summed E-state index contributed by atoms with van der Waals surface area (Å²) in [5.41, 5.74) is 4.74. The Bertz CT molecular complexity index is 220. The lowest BCUT2D eigenvalue weighted by Crippen LogP contribution is -2.56. The van der Waals surface area contributed by atoms with E-state index in [0.29, 0.717) is 3.92 Å². The van der Waals surface area contributed by atoms with E-state index in [4.69, 9.17) is 0 Å². The van der Waals surface area contributed by atoms with Gasteiger partial charge in [0.2, 0.25) is 5.82 Å². The third-order valence-electron chi connectivity index (χ3n) is 1.56. The molecule has 2 nitrogen and oxygen atoms in total. The second-order valence-corrected chi connectivity index (χ2v) is 4.36. The Hall–Kier alpha value is -0.100. The average molecular weight is 269 g/mol. The summed E-state index contributed by atoms with van der Waals surface area (Å²) in [4.78, 5) is 0. The molecular weight excluding hydrogens is 258 g/mol. The van der Waals surface area contributed by atoms with E-state index in [1.807, 2.05) is 6.92 Å². The third kappa shape index (κ3) is 2.16. The number of nitrogens with one attached hydrogen (secondary N) is 1. The number of hydrogen-bond donors (Lipinski definition) is 2. The van der Waals surface area contributed by atoms with Crippen molar-refractivity contribution < 1.29 is 10.1 Å². The molecule has 0 bridgehead atoms. The minimum absolute atomic E-state index is 0.115. The molecule has 0 radical (unpaired) electrons. The normalized spacial score (nSPS) is 20.9. The molecular formula is C7H11FIN2+. The van der Waals surface area contributed by atoms with E-state index in [1.54, 1.807) is 6.08 Å². The van der Waals surface area contributed by atoms with Crippen LogP contribution in [0, 0.1) is 0 Å². The highest BCUT2D eigenvalue weighted by Gasteiger charge is 2.16. The molecule has 0 saturated carbocycles. The summed E-state index contributed by atoms with van der Waals surface area (Å²) >= 11 is 2.24. The number of alkyl halides is 1. The second kappa shape index (κ2) is 3.53. The smallest absolute Gasteiger partial charge is 0.201 e. The Morgan fingerprint density at radius 2 is 2.45 bits per heavy atom. The molecule has 0 spiro atoms. The number of hydrogen-bond acceptors (Lipinski definition) is 1. The van der Waals surface area contributed by atoms with Gasteiger partial charge in [-0.15, -0.1) is 0 Å². The molecule has 11 heavy (non-hydrogen) atoms. The van der Waals surface area contributed by atoms with Gasteiger partial charge in [-0.25, -0.2) is 4.39 Å². The maximum Gasteiger partial charge on any atom is 0.201 e. The summed E-state index contributed by atoms with van der Waals surface area (Å²) < 4.78 is 13.0. The van der Waals surface area contributed by atoms with Crippen molar-refractivity contribution in [2.24, 2.45) is 0 Å². The van der Waals surface area contributed by atoms with Crippen LogP contribution in [-0.4, -0.2) is 10.5 Å². The summed E-state index contributed by atoms with van der Waals surface area (Å²) in [5, 5.41) is 2.88. The fourth-order valence-electron chi connectivity index (χ4n) is 0.955. The summed E-state index contributed by atoms with van der Waals surface area (Å²) in [7, 11) is 0. The summed E-state index contributed by atoms with van der Waals surface area (Å²) in [6, 6.07) is 0. The zero-order valence-electron chi connectivity index (χ0n) is 6.32. The van der Waals surface area contributed by atoms with Crippen LogP contribution in [0.4, 0.5) is 4.39 Å². The molecule has 1 atom stereocenters. The van der Waals surface area contributed by atoms with Crippen LogP contribution >= 0.6 is 22.6 Å². The summed E-state index contributed by atoms with van der Waals surface area (Å²) in [6.45, 7) is 2.30. The van der Waals surface area contributed by atoms with E-state index in [-0.39, 0.29) is 12.4 Å². The van der Waals surface area contributed by atoms with Crippen LogP contribution in [0.1, 0.15) is 6.92 Å². The van der Waals surface area contributed by atoms with Gasteiger partial charge in [0.1, 0.15) is 5.83 Å². The van der Waals surface area contributed by atoms with Gasteiger partial charge < -0.3 is 11.1 Å². The monoisotopic (exact) mass is 269 g/mol. The molecule has 1 aliphatic rings. The van der Waals surface area contributed by atoms with Gasteiger partial charge in [0.25, 0.3) is 0 Å². The SMILES string of the molecule is CC(I)C1=C([NH3+])NCC(F)=C1. The predicted molar refractivity (Wildman–Crippen MR) is 50.6 cm³/mol. The van der Waals surface area contributed by atoms with E-state index in [2.05, 4.69) is 33.6 Å². The molecule has 0 aliphatic carbocycles. The highest BCUT2D eigenvalue weighted by Crippen LogP contribution is 2.19. The molecule has 4 N–H and O–H groups in total. The minimum Gasteiger partial charge on any atom is -0.335 e. The van der Waals surface area contributed by atoms with Crippen molar-refractivity contribution in [3.8, 4) is 0 Å². The molecule has 62 valence electrons. The standard InChI is InChI=1S/C7H10FIN2/c1-4(9)6-2-5(8)3-11-7(6)10/h2,4,11H,3,10H2,1H3/p+1. The lowest BCUT2D eigenvalue weighted by atomic mass is 10.1. The number of halogens is 2. The molecule has 1 heterocycles. The molecule has 4 heteroatoms. The van der Waals surface area contributed by atoms with Gasteiger partial charge in [-0.2, -0.15) is 0 Å². The van der Waals surface area contributed by atoms with Gasteiger partial charge in [0, 0.05) is 9.50 Å². The fraction of sp³-hybridized carbons (Fsp3) is 0.429. The van der Waals surface area contributed by atoms with Gasteiger partial charge >= 0.3 is 0 Å². The van der Waals surface area contributed by atoms with Crippen molar-refractivity contribution >= 4 is 22.6 Å². The van der Waals surface area contributed by atoms with Crippen LogP contribution in [0.25, 0.3) is 0 Å². The van der Waals surface area contributed by atoms with E-state index < -0.39 is 0 Å². The molecule has 0 aromatic rings. The first-order valence-electron chi connectivity index (χ1n) is 3.41. The zero-order chi connectivity index (χ0) is 8.43. The number of quaternary nitrogens is 1. The average Bonchev–Trinajstić information content (AvgIpc) is 1.94. The van der Waals surface area contributed by atoms with Gasteiger partial charge in [0.05, 0.1) is 6.54 Å². The van der Waals surface area contributed by atoms with Crippen LogP contribution in [0.15, 0.2) is 23.3 Å². The van der Waals surface area contributed by atoms with E-state index in [1.165, 1.54) is 0 Å². The fourth-order valence-corrected chi connectivity index (χ4v) is 1.51. The van der Waals surface area contributed by atoms with Crippen molar-refractivity contribution in [2.45, 2.75) is 10.8 Å². The highest BCUT2D eigenvalue weighted by atomic mass is 127. The van der Waals surface area contributed by atoms with E-state index in [0.717, 1.165) is 11.4 Å². The molecule has 0 aromatic carbocycles. The Labute approximate surface area is 78.9 Å². The predicted octanol–water partition coefficient (Wildman–Crippen LogP) is 0.720. The lowest BCUT2D eigenvalue weighted by molar-refractivity contribution is -0.313. The van der Waals surface area contributed by atoms with Gasteiger partial charge in [-0.1, -0.05) is 22.6 Å². The Kier molecular flexibility index (Phi) is 2.89. The van der Waals surface area contributed by atoms with Gasteiger partial charge in [0.15, 0.2) is 0 Å². The second-order valence-electron chi connectivity index (χ2n) is 2.49. The van der Waals surface area contributed by atoms with E-state index >= 15 is 0 Å². The number of dihydropyridines is 1. The van der Waals surface area contributed by atoms with Crippen molar-refractivity contribution in [2.75, 3.05) is 6.54 Å². The Morgan fingerprint density at radius 3 is 2.91 bits per heavy atom. The quantitative estimate of drug-likeness (QED) is 0.534. The zero-order valence-corrected chi connectivity index (χ0v) is 8.48. The number of rotatable bonds is 1. The first-order chi connectivity index (χ1) is 5.11. The molecule has 0 fully saturated rings. The van der Waals surface area contributed by atoms with Gasteiger partial charge in [-0.05, 0) is 13.0 Å². The lowest BCUT2D eigenvalue weighted by Gasteiger charge is -2.13. The Balaban J connectivity index is 2.89. The van der Waals surface area contributed by atoms with Crippen molar-refractivity contribution in [1.82, 2.24) is 5.32 Å². The molecule has 0 amide bonds. The van der Waals surface area contributed by atoms with Crippen molar-refractivity contribution in [1.29, 1.82) is 0 Å².